The van der Waals surface area contributed by atoms with Crippen molar-refractivity contribution in [1.29, 1.82) is 0 Å². The second-order valence-electron chi connectivity index (χ2n) is 5.34. The van der Waals surface area contributed by atoms with Crippen LogP contribution in [-0.4, -0.2) is 45.3 Å². The van der Waals surface area contributed by atoms with Crippen LogP contribution in [-0.2, 0) is 9.84 Å². The van der Waals surface area contributed by atoms with E-state index in [9.17, 15) is 8.42 Å². The summed E-state index contributed by atoms with van der Waals surface area (Å²) in [7, 11) is -3.12. The Hall–Kier alpha value is -0.720. The third-order valence-electron chi connectivity index (χ3n) is 4.11. The molecule has 1 heterocycles. The lowest BCUT2D eigenvalue weighted by molar-refractivity contribution is 0.457. The highest BCUT2D eigenvalue weighted by Crippen LogP contribution is 2.35. The highest BCUT2D eigenvalue weighted by molar-refractivity contribution is 8.00. The van der Waals surface area contributed by atoms with Crippen LogP contribution in [0.4, 0.5) is 5.69 Å². The molecule has 0 spiro atoms. The average Bonchev–Trinajstić information content (AvgIpc) is 2.47. The summed E-state index contributed by atoms with van der Waals surface area (Å²) in [6, 6.07) is 7.16. The zero-order valence-corrected chi connectivity index (χ0v) is 13.6. The van der Waals surface area contributed by atoms with Crippen LogP contribution in [0.2, 0.25) is 0 Å². The van der Waals surface area contributed by atoms with E-state index in [0.29, 0.717) is 4.90 Å². The minimum atomic E-state index is -3.12. The molecule has 0 aromatic heterocycles. The van der Waals surface area contributed by atoms with Crippen LogP contribution in [0.5, 0.6) is 0 Å². The standard InChI is InChI=1S/C14H22N2O2S2/c1-19-14(11-15)7-9-16(10-8-14)12-3-5-13(6-4-12)20(2,17)18/h3-6H,7-11,15H2,1-2H3. The molecule has 2 rings (SSSR count). The van der Waals surface area contributed by atoms with E-state index >= 15 is 0 Å². The number of hydrogen-bond donors (Lipinski definition) is 1. The molecular weight excluding hydrogens is 292 g/mol. The molecule has 0 bridgehead atoms. The van der Waals surface area contributed by atoms with Crippen LogP contribution >= 0.6 is 11.8 Å². The number of benzene rings is 1. The summed E-state index contributed by atoms with van der Waals surface area (Å²) in [5, 5.41) is 0. The number of rotatable bonds is 4. The second kappa shape index (κ2) is 5.95. The number of sulfone groups is 1. The predicted octanol–water partition coefficient (Wildman–Crippen LogP) is 1.75. The molecule has 0 atom stereocenters. The van der Waals surface area contributed by atoms with Crippen LogP contribution in [0.15, 0.2) is 29.2 Å². The maximum atomic E-state index is 11.5. The molecule has 1 aliphatic rings. The summed E-state index contributed by atoms with van der Waals surface area (Å²) < 4.78 is 23.1. The molecule has 1 fully saturated rings. The van der Waals surface area contributed by atoms with Gasteiger partial charge in [-0.25, -0.2) is 8.42 Å². The van der Waals surface area contributed by atoms with Gasteiger partial charge >= 0.3 is 0 Å². The summed E-state index contributed by atoms with van der Waals surface area (Å²) in [4.78, 5) is 2.68. The van der Waals surface area contributed by atoms with E-state index in [1.807, 2.05) is 23.9 Å². The lowest BCUT2D eigenvalue weighted by Crippen LogP contribution is -2.46. The zero-order chi connectivity index (χ0) is 14.8. The van der Waals surface area contributed by atoms with Gasteiger partial charge in [-0.3, -0.25) is 0 Å². The number of anilines is 1. The van der Waals surface area contributed by atoms with Gasteiger partial charge in [-0.05, 0) is 43.4 Å². The van der Waals surface area contributed by atoms with Gasteiger partial charge in [-0.1, -0.05) is 0 Å². The van der Waals surface area contributed by atoms with Crippen molar-refractivity contribution in [3.63, 3.8) is 0 Å². The molecule has 112 valence electrons. The zero-order valence-electron chi connectivity index (χ0n) is 12.0. The van der Waals surface area contributed by atoms with E-state index in [4.69, 9.17) is 5.73 Å². The quantitative estimate of drug-likeness (QED) is 0.917. The van der Waals surface area contributed by atoms with Crippen LogP contribution in [0.3, 0.4) is 0 Å². The fourth-order valence-electron chi connectivity index (χ4n) is 2.57. The molecule has 1 saturated heterocycles. The van der Waals surface area contributed by atoms with Crippen LogP contribution in [0, 0.1) is 0 Å². The molecule has 0 saturated carbocycles. The van der Waals surface area contributed by atoms with Gasteiger partial charge in [0.2, 0.25) is 0 Å². The molecular formula is C14H22N2O2S2. The maximum Gasteiger partial charge on any atom is 0.175 e. The molecule has 1 aromatic carbocycles. The van der Waals surface area contributed by atoms with Gasteiger partial charge in [-0.2, -0.15) is 11.8 Å². The SMILES string of the molecule is CSC1(CN)CCN(c2ccc(S(C)(=O)=O)cc2)CC1. The first-order valence-electron chi connectivity index (χ1n) is 6.70. The van der Waals surface area contributed by atoms with Crippen LogP contribution < -0.4 is 10.6 Å². The molecule has 2 N–H and O–H groups in total. The highest BCUT2D eigenvalue weighted by atomic mass is 32.2. The predicted molar refractivity (Wildman–Crippen MR) is 86.3 cm³/mol. The van der Waals surface area contributed by atoms with E-state index in [1.165, 1.54) is 6.26 Å². The van der Waals surface area contributed by atoms with Crippen molar-refractivity contribution in [1.82, 2.24) is 0 Å². The van der Waals surface area contributed by atoms with Gasteiger partial charge in [0.05, 0.1) is 4.90 Å². The number of nitrogens with two attached hydrogens (primary N) is 1. The van der Waals surface area contributed by atoms with Gasteiger partial charge in [0.15, 0.2) is 9.84 Å². The summed E-state index contributed by atoms with van der Waals surface area (Å²) in [6.07, 6.45) is 5.50. The third-order valence-corrected chi connectivity index (χ3v) is 6.68. The van der Waals surface area contributed by atoms with E-state index in [0.717, 1.165) is 38.2 Å². The fourth-order valence-corrected chi connectivity index (χ4v) is 3.96. The molecule has 0 aliphatic carbocycles. The van der Waals surface area contributed by atoms with Crippen molar-refractivity contribution >= 4 is 27.3 Å². The van der Waals surface area contributed by atoms with E-state index in [-0.39, 0.29) is 4.75 Å². The van der Waals surface area contributed by atoms with Crippen LogP contribution in [0.1, 0.15) is 12.8 Å². The number of hydrogen-bond acceptors (Lipinski definition) is 5. The average molecular weight is 314 g/mol. The number of thioether (sulfide) groups is 1. The Bertz CT molecular complexity index is 541. The number of nitrogens with zero attached hydrogens (tertiary/aromatic N) is 1. The van der Waals surface area contributed by atoms with Crippen molar-refractivity contribution in [3.8, 4) is 0 Å². The first-order valence-corrected chi connectivity index (χ1v) is 9.82. The summed E-state index contributed by atoms with van der Waals surface area (Å²) in [6.45, 7) is 2.65. The summed E-state index contributed by atoms with van der Waals surface area (Å²) in [5.41, 5.74) is 6.98. The summed E-state index contributed by atoms with van der Waals surface area (Å²) in [5.74, 6) is 0. The molecule has 20 heavy (non-hydrogen) atoms. The van der Waals surface area contributed by atoms with Gasteiger partial charge in [0.1, 0.15) is 0 Å². The van der Waals surface area contributed by atoms with Gasteiger partial charge in [0, 0.05) is 36.3 Å². The Labute approximate surface area is 125 Å². The lowest BCUT2D eigenvalue weighted by atomic mass is 9.95. The maximum absolute atomic E-state index is 11.5. The second-order valence-corrected chi connectivity index (χ2v) is 8.63. The topological polar surface area (TPSA) is 63.4 Å². The van der Waals surface area contributed by atoms with Gasteiger partial charge in [0.25, 0.3) is 0 Å². The van der Waals surface area contributed by atoms with Crippen molar-refractivity contribution in [2.45, 2.75) is 22.5 Å². The third kappa shape index (κ3) is 3.30. The summed E-state index contributed by atoms with van der Waals surface area (Å²) >= 11 is 1.87. The van der Waals surface area contributed by atoms with Gasteiger partial charge in [-0.15, -0.1) is 0 Å². The Morgan fingerprint density at radius 1 is 1.25 bits per heavy atom. The monoisotopic (exact) mass is 314 g/mol. The van der Waals surface area contributed by atoms with Crippen molar-refractivity contribution in [2.24, 2.45) is 5.73 Å². The van der Waals surface area contributed by atoms with Crippen molar-refractivity contribution in [3.05, 3.63) is 24.3 Å². The van der Waals surface area contributed by atoms with E-state index in [1.54, 1.807) is 12.1 Å². The minimum Gasteiger partial charge on any atom is -0.371 e. The molecule has 0 amide bonds. The fraction of sp³-hybridized carbons (Fsp3) is 0.571. The molecule has 0 radical (unpaired) electrons. The smallest absolute Gasteiger partial charge is 0.175 e. The largest absolute Gasteiger partial charge is 0.371 e. The Kier molecular flexibility index (Phi) is 4.66. The molecule has 1 aromatic rings. The Balaban J connectivity index is 2.08. The Morgan fingerprint density at radius 3 is 2.20 bits per heavy atom. The minimum absolute atomic E-state index is 0.212. The highest BCUT2D eigenvalue weighted by Gasteiger charge is 2.32. The van der Waals surface area contributed by atoms with Crippen molar-refractivity contribution < 1.29 is 8.42 Å². The Morgan fingerprint density at radius 2 is 1.80 bits per heavy atom. The first-order chi connectivity index (χ1) is 9.40. The van der Waals surface area contributed by atoms with E-state index in [2.05, 4.69) is 11.2 Å². The normalized spacial score (nSPS) is 19.1. The van der Waals surface area contributed by atoms with Crippen LogP contribution in [0.25, 0.3) is 0 Å². The van der Waals surface area contributed by atoms with E-state index < -0.39 is 9.84 Å². The molecule has 1 aliphatic heterocycles. The first kappa shape index (κ1) is 15.7. The molecule has 0 unspecified atom stereocenters. The molecule has 6 heteroatoms. The van der Waals surface area contributed by atoms with Gasteiger partial charge < -0.3 is 10.6 Å². The lowest BCUT2D eigenvalue weighted by Gasteiger charge is -2.41. The van der Waals surface area contributed by atoms with Crippen molar-refractivity contribution in [2.75, 3.05) is 37.0 Å². The number of piperidine rings is 1. The molecule has 4 nitrogen and oxygen atoms in total.